The summed E-state index contributed by atoms with van der Waals surface area (Å²) in [5.74, 6) is -0.304. The zero-order chi connectivity index (χ0) is 26.5. The molecule has 0 aliphatic carbocycles. The summed E-state index contributed by atoms with van der Waals surface area (Å²) in [7, 11) is 0. The Morgan fingerprint density at radius 3 is 2.41 bits per heavy atom. The standard InChI is InChI=1S/C30H38N2O5/c1-5-16-37-24-10-11-25(21(4)19-24)28(33)26-27(23-8-6-22(7-9-23)20(2)3)32(30(35)29(26)34)13-12-31-14-17-36-18-15-31/h6-11,19-20,27,33H,5,12-18H2,1-4H3. The number of ketones is 1. The largest absolute Gasteiger partial charge is 0.507 e. The van der Waals surface area contributed by atoms with E-state index in [1.807, 2.05) is 44.2 Å². The molecule has 198 valence electrons. The monoisotopic (exact) mass is 506 g/mol. The number of amides is 1. The zero-order valence-corrected chi connectivity index (χ0v) is 22.3. The minimum absolute atomic E-state index is 0.134. The van der Waals surface area contributed by atoms with E-state index in [4.69, 9.17) is 9.47 Å². The third-order valence-electron chi connectivity index (χ3n) is 7.15. The van der Waals surface area contributed by atoms with Gasteiger partial charge in [-0.1, -0.05) is 45.0 Å². The fourth-order valence-electron chi connectivity index (χ4n) is 4.95. The summed E-state index contributed by atoms with van der Waals surface area (Å²) in [6.07, 6.45) is 0.893. The van der Waals surface area contributed by atoms with Crippen molar-refractivity contribution in [3.8, 4) is 5.75 Å². The molecule has 2 aliphatic rings. The van der Waals surface area contributed by atoms with Gasteiger partial charge in [-0.3, -0.25) is 14.5 Å². The molecular weight excluding hydrogens is 468 g/mol. The number of hydrogen-bond donors (Lipinski definition) is 1. The molecule has 2 saturated heterocycles. The van der Waals surface area contributed by atoms with E-state index in [0.29, 0.717) is 50.1 Å². The van der Waals surface area contributed by atoms with Crippen LogP contribution in [0.5, 0.6) is 5.75 Å². The Bertz CT molecular complexity index is 1150. The highest BCUT2D eigenvalue weighted by Gasteiger charge is 2.46. The normalized spacial score (nSPS) is 20.1. The first-order valence-corrected chi connectivity index (χ1v) is 13.2. The van der Waals surface area contributed by atoms with Gasteiger partial charge < -0.3 is 19.5 Å². The number of hydrogen-bond acceptors (Lipinski definition) is 6. The Kier molecular flexibility index (Phi) is 8.67. The van der Waals surface area contributed by atoms with Gasteiger partial charge in [0.25, 0.3) is 11.7 Å². The van der Waals surface area contributed by atoms with Crippen LogP contribution in [0.2, 0.25) is 0 Å². The van der Waals surface area contributed by atoms with Crippen LogP contribution in [0, 0.1) is 6.92 Å². The van der Waals surface area contributed by atoms with Gasteiger partial charge in [-0.15, -0.1) is 0 Å². The van der Waals surface area contributed by atoms with Crippen LogP contribution in [0.15, 0.2) is 48.0 Å². The van der Waals surface area contributed by atoms with Gasteiger partial charge in [0.05, 0.1) is 31.4 Å². The lowest BCUT2D eigenvalue weighted by Crippen LogP contribution is -2.42. The van der Waals surface area contributed by atoms with Gasteiger partial charge in [-0.2, -0.15) is 0 Å². The number of carbonyl (C=O) groups excluding carboxylic acids is 2. The van der Waals surface area contributed by atoms with Crippen molar-refractivity contribution in [2.75, 3.05) is 46.0 Å². The highest BCUT2D eigenvalue weighted by Crippen LogP contribution is 2.40. The lowest BCUT2D eigenvalue weighted by molar-refractivity contribution is -0.140. The number of carbonyl (C=O) groups is 2. The molecule has 0 aromatic heterocycles. The van der Waals surface area contributed by atoms with Gasteiger partial charge in [0.15, 0.2) is 0 Å². The van der Waals surface area contributed by atoms with Gasteiger partial charge in [-0.25, -0.2) is 0 Å². The molecule has 2 heterocycles. The molecule has 2 aliphatic heterocycles. The summed E-state index contributed by atoms with van der Waals surface area (Å²) in [4.78, 5) is 30.6. The Morgan fingerprint density at radius 2 is 1.78 bits per heavy atom. The van der Waals surface area contributed by atoms with E-state index in [9.17, 15) is 14.7 Å². The molecule has 0 saturated carbocycles. The number of aliphatic hydroxyl groups is 1. The van der Waals surface area contributed by atoms with Crippen LogP contribution < -0.4 is 4.74 Å². The second-order valence-corrected chi connectivity index (χ2v) is 10.1. The number of ether oxygens (including phenoxy) is 2. The zero-order valence-electron chi connectivity index (χ0n) is 22.3. The van der Waals surface area contributed by atoms with E-state index < -0.39 is 17.7 Å². The molecule has 0 spiro atoms. The maximum absolute atomic E-state index is 13.4. The lowest BCUT2D eigenvalue weighted by Gasteiger charge is -2.31. The van der Waals surface area contributed by atoms with E-state index in [1.54, 1.807) is 17.0 Å². The molecule has 0 bridgehead atoms. The van der Waals surface area contributed by atoms with Crippen molar-refractivity contribution < 1.29 is 24.2 Å². The van der Waals surface area contributed by atoms with Crippen molar-refractivity contribution in [2.45, 2.75) is 46.1 Å². The first-order chi connectivity index (χ1) is 17.8. The molecule has 4 rings (SSSR count). The molecule has 1 amide bonds. The van der Waals surface area contributed by atoms with Gasteiger partial charge in [0, 0.05) is 31.7 Å². The molecule has 2 fully saturated rings. The quantitative estimate of drug-likeness (QED) is 0.303. The molecule has 0 radical (unpaired) electrons. The number of aliphatic hydroxyl groups excluding tert-OH is 1. The molecule has 1 unspecified atom stereocenters. The number of benzene rings is 2. The molecule has 2 aromatic carbocycles. The first-order valence-electron chi connectivity index (χ1n) is 13.2. The average Bonchev–Trinajstić information content (AvgIpc) is 3.16. The molecule has 1 atom stereocenters. The maximum Gasteiger partial charge on any atom is 0.295 e. The van der Waals surface area contributed by atoms with Crippen LogP contribution in [0.3, 0.4) is 0 Å². The first kappa shape index (κ1) is 26.9. The van der Waals surface area contributed by atoms with E-state index >= 15 is 0 Å². The summed E-state index contributed by atoms with van der Waals surface area (Å²) in [6.45, 7) is 12.7. The number of nitrogens with zero attached hydrogens (tertiary/aromatic N) is 2. The van der Waals surface area contributed by atoms with E-state index in [1.165, 1.54) is 5.56 Å². The predicted octanol–water partition coefficient (Wildman–Crippen LogP) is 4.66. The summed E-state index contributed by atoms with van der Waals surface area (Å²) >= 11 is 0. The Balaban J connectivity index is 1.73. The maximum atomic E-state index is 13.4. The SMILES string of the molecule is CCCOc1ccc(C(O)=C2C(=O)C(=O)N(CCN3CCOCC3)C2c2ccc(C(C)C)cc2)c(C)c1. The van der Waals surface area contributed by atoms with Crippen LogP contribution in [0.1, 0.15) is 61.4 Å². The van der Waals surface area contributed by atoms with Crippen molar-refractivity contribution in [2.24, 2.45) is 0 Å². The van der Waals surface area contributed by atoms with Gasteiger partial charge in [0.2, 0.25) is 0 Å². The van der Waals surface area contributed by atoms with Crippen LogP contribution in [0.25, 0.3) is 5.76 Å². The number of aryl methyl sites for hydroxylation is 1. The van der Waals surface area contributed by atoms with E-state index in [0.717, 1.165) is 30.6 Å². The third kappa shape index (κ3) is 5.89. The highest BCUT2D eigenvalue weighted by atomic mass is 16.5. The van der Waals surface area contributed by atoms with Crippen molar-refractivity contribution >= 4 is 17.4 Å². The lowest BCUT2D eigenvalue weighted by atomic mass is 9.92. The molecular formula is C30H38N2O5. The smallest absolute Gasteiger partial charge is 0.295 e. The summed E-state index contributed by atoms with van der Waals surface area (Å²) in [5.41, 5.74) is 3.42. The predicted molar refractivity (Wildman–Crippen MR) is 144 cm³/mol. The van der Waals surface area contributed by atoms with Gasteiger partial charge >= 0.3 is 0 Å². The minimum atomic E-state index is -0.655. The number of likely N-dealkylation sites (tertiary alicyclic amines) is 1. The number of rotatable bonds is 9. The van der Waals surface area contributed by atoms with Crippen LogP contribution in [-0.4, -0.2) is 72.6 Å². The highest BCUT2D eigenvalue weighted by molar-refractivity contribution is 6.46. The molecule has 7 nitrogen and oxygen atoms in total. The molecule has 37 heavy (non-hydrogen) atoms. The Hall–Kier alpha value is -3.16. The fourth-order valence-corrected chi connectivity index (χ4v) is 4.95. The van der Waals surface area contributed by atoms with Gasteiger partial charge in [-0.05, 0) is 54.2 Å². The van der Waals surface area contributed by atoms with Crippen molar-refractivity contribution in [3.63, 3.8) is 0 Å². The summed E-state index contributed by atoms with van der Waals surface area (Å²) in [6, 6.07) is 12.8. The molecule has 2 aromatic rings. The second-order valence-electron chi connectivity index (χ2n) is 10.1. The molecule has 7 heteroatoms. The Labute approximate surface area is 219 Å². The van der Waals surface area contributed by atoms with Crippen LogP contribution >= 0.6 is 0 Å². The Morgan fingerprint density at radius 1 is 1.08 bits per heavy atom. The van der Waals surface area contributed by atoms with Crippen LogP contribution in [-0.2, 0) is 14.3 Å². The molecule has 1 N–H and O–H groups in total. The van der Waals surface area contributed by atoms with Crippen molar-refractivity contribution in [1.82, 2.24) is 9.80 Å². The summed E-state index contributed by atoms with van der Waals surface area (Å²) in [5, 5.41) is 11.5. The number of Topliss-reactive ketones (excluding diaryl/α,β-unsaturated/α-hetero) is 1. The summed E-state index contributed by atoms with van der Waals surface area (Å²) < 4.78 is 11.2. The van der Waals surface area contributed by atoms with Gasteiger partial charge in [0.1, 0.15) is 11.5 Å². The minimum Gasteiger partial charge on any atom is -0.507 e. The fraction of sp³-hybridized carbons (Fsp3) is 0.467. The third-order valence-corrected chi connectivity index (χ3v) is 7.15. The average molecular weight is 507 g/mol. The van der Waals surface area contributed by atoms with Crippen molar-refractivity contribution in [1.29, 1.82) is 0 Å². The topological polar surface area (TPSA) is 79.3 Å². The number of morpholine rings is 1. The van der Waals surface area contributed by atoms with E-state index in [-0.39, 0.29) is 11.3 Å². The second kappa shape index (κ2) is 11.9. The van der Waals surface area contributed by atoms with Crippen LogP contribution in [0.4, 0.5) is 0 Å². The van der Waals surface area contributed by atoms with E-state index in [2.05, 4.69) is 18.7 Å². The van der Waals surface area contributed by atoms with Crippen molar-refractivity contribution in [3.05, 3.63) is 70.3 Å².